The van der Waals surface area contributed by atoms with E-state index in [0.29, 0.717) is 11.8 Å². The number of fused-ring (bicyclic) bond motifs is 1. The fraction of sp³-hybridized carbons (Fsp3) is 0.889. The molecule has 1 saturated heterocycles. The third kappa shape index (κ3) is 4.80. The van der Waals surface area contributed by atoms with Gasteiger partial charge in [0.2, 0.25) is 5.91 Å². The largest absolute Gasteiger partial charge is 0.356 e. The molecule has 1 heterocycles. The van der Waals surface area contributed by atoms with E-state index in [-0.39, 0.29) is 23.8 Å². The van der Waals surface area contributed by atoms with Gasteiger partial charge in [-0.15, -0.1) is 0 Å². The molecule has 0 radical (unpaired) electrons. The average molecular weight is 308 g/mol. The molecule has 2 rings (SSSR count). The van der Waals surface area contributed by atoms with Crippen molar-refractivity contribution in [2.75, 3.05) is 6.54 Å². The van der Waals surface area contributed by atoms with Crippen LogP contribution in [0.15, 0.2) is 0 Å². The van der Waals surface area contributed by atoms with Gasteiger partial charge in [-0.1, -0.05) is 39.5 Å². The third-order valence-electron chi connectivity index (χ3n) is 5.13. The molecule has 3 atom stereocenters. The smallest absolute Gasteiger partial charge is 0.222 e. The average Bonchev–Trinajstić information content (AvgIpc) is 2.73. The molecule has 0 aromatic heterocycles. The molecule has 0 aromatic carbocycles. The van der Waals surface area contributed by atoms with Crippen LogP contribution < -0.4 is 10.6 Å². The monoisotopic (exact) mass is 308 g/mol. The van der Waals surface area contributed by atoms with Gasteiger partial charge < -0.3 is 10.6 Å². The zero-order valence-corrected chi connectivity index (χ0v) is 14.2. The molecule has 2 fully saturated rings. The Morgan fingerprint density at radius 3 is 2.64 bits per heavy atom. The summed E-state index contributed by atoms with van der Waals surface area (Å²) in [5, 5.41) is 6.53. The van der Waals surface area contributed by atoms with Gasteiger partial charge in [0.25, 0.3) is 0 Å². The molecule has 4 nitrogen and oxygen atoms in total. The van der Waals surface area contributed by atoms with Crippen molar-refractivity contribution in [2.45, 2.75) is 83.7 Å². The molecular formula is C18H32N2O2. The Morgan fingerprint density at radius 1 is 1.18 bits per heavy atom. The molecule has 3 unspecified atom stereocenters. The first-order valence-corrected chi connectivity index (χ1v) is 9.17. The summed E-state index contributed by atoms with van der Waals surface area (Å²) in [7, 11) is 0. The zero-order valence-electron chi connectivity index (χ0n) is 14.2. The van der Waals surface area contributed by atoms with E-state index in [1.807, 2.05) is 13.8 Å². The van der Waals surface area contributed by atoms with Gasteiger partial charge in [-0.25, -0.2) is 0 Å². The quantitative estimate of drug-likeness (QED) is 0.742. The number of ketones is 1. The van der Waals surface area contributed by atoms with Gasteiger partial charge in [-0.3, -0.25) is 9.59 Å². The molecule has 0 aromatic rings. The second-order valence-corrected chi connectivity index (χ2v) is 7.27. The van der Waals surface area contributed by atoms with Gasteiger partial charge >= 0.3 is 0 Å². The summed E-state index contributed by atoms with van der Waals surface area (Å²) in [6.45, 7) is 4.54. The normalized spacial score (nSPS) is 29.0. The van der Waals surface area contributed by atoms with Crippen molar-refractivity contribution in [3.63, 3.8) is 0 Å². The molecule has 1 amide bonds. The topological polar surface area (TPSA) is 58.2 Å². The molecule has 126 valence electrons. The van der Waals surface area contributed by atoms with Crippen molar-refractivity contribution in [3.05, 3.63) is 0 Å². The Balaban J connectivity index is 1.68. The Kier molecular flexibility index (Phi) is 6.87. The number of nitrogens with one attached hydrogen (secondary N) is 2. The number of hydrogen-bond acceptors (Lipinski definition) is 3. The van der Waals surface area contributed by atoms with Crippen molar-refractivity contribution >= 4 is 11.7 Å². The first kappa shape index (κ1) is 17.5. The van der Waals surface area contributed by atoms with Crippen LogP contribution >= 0.6 is 0 Å². The van der Waals surface area contributed by atoms with Crippen molar-refractivity contribution in [3.8, 4) is 0 Å². The first-order valence-electron chi connectivity index (χ1n) is 9.17. The van der Waals surface area contributed by atoms with E-state index < -0.39 is 0 Å². The number of carbonyl (C=O) groups excluding carboxylic acids is 2. The predicted octanol–water partition coefficient (Wildman–Crippen LogP) is 2.81. The Bertz CT molecular complexity index is 381. The lowest BCUT2D eigenvalue weighted by atomic mass is 9.86. The van der Waals surface area contributed by atoms with Crippen molar-refractivity contribution in [2.24, 2.45) is 11.8 Å². The summed E-state index contributed by atoms with van der Waals surface area (Å²) in [5.41, 5.74) is 0. The molecule has 2 N–H and O–H groups in total. The van der Waals surface area contributed by atoms with E-state index in [9.17, 15) is 9.59 Å². The van der Waals surface area contributed by atoms with Gasteiger partial charge in [-0.2, -0.15) is 0 Å². The Hall–Kier alpha value is -0.900. The summed E-state index contributed by atoms with van der Waals surface area (Å²) in [6, 6.07) is 0.493. The molecule has 2 aliphatic rings. The lowest BCUT2D eigenvalue weighted by Crippen LogP contribution is -2.32. The number of rotatable bonds is 6. The van der Waals surface area contributed by atoms with E-state index in [1.165, 1.54) is 25.7 Å². The molecule has 0 spiro atoms. The van der Waals surface area contributed by atoms with Crippen LogP contribution in [0.4, 0.5) is 0 Å². The first-order chi connectivity index (χ1) is 10.6. The maximum atomic E-state index is 12.5. The fourth-order valence-corrected chi connectivity index (χ4v) is 3.74. The molecule has 22 heavy (non-hydrogen) atoms. The molecule has 4 heteroatoms. The molecular weight excluding hydrogens is 276 g/mol. The van der Waals surface area contributed by atoms with Gasteiger partial charge in [0.15, 0.2) is 5.78 Å². The number of Topliss-reactive ketones (excluding diaryl/α,β-unsaturated/α-hetero) is 1. The van der Waals surface area contributed by atoms with Crippen LogP contribution in [0, 0.1) is 11.8 Å². The Morgan fingerprint density at radius 2 is 1.91 bits per heavy atom. The maximum absolute atomic E-state index is 12.5. The van der Waals surface area contributed by atoms with Crippen LogP contribution in [-0.2, 0) is 9.59 Å². The summed E-state index contributed by atoms with van der Waals surface area (Å²) in [6.07, 6.45) is 10.2. The SMILES string of the molecule is CC(C)C(=O)NCCCCC1NC2CCCCCCC2C1=O. The summed E-state index contributed by atoms with van der Waals surface area (Å²) < 4.78 is 0. The van der Waals surface area contributed by atoms with E-state index in [4.69, 9.17) is 0 Å². The van der Waals surface area contributed by atoms with Crippen molar-refractivity contribution in [1.82, 2.24) is 10.6 Å². The van der Waals surface area contributed by atoms with E-state index >= 15 is 0 Å². The minimum atomic E-state index is 0.0501. The lowest BCUT2D eigenvalue weighted by molar-refractivity contribution is -0.124. The van der Waals surface area contributed by atoms with Crippen LogP contribution in [0.5, 0.6) is 0 Å². The number of unbranched alkanes of at least 4 members (excludes halogenated alkanes) is 1. The maximum Gasteiger partial charge on any atom is 0.222 e. The molecule has 1 aliphatic heterocycles. The summed E-state index contributed by atoms with van der Waals surface area (Å²) in [4.78, 5) is 24.0. The number of amides is 1. The highest BCUT2D eigenvalue weighted by Crippen LogP contribution is 2.30. The van der Waals surface area contributed by atoms with Gasteiger partial charge in [0.05, 0.1) is 6.04 Å². The molecule has 1 saturated carbocycles. The van der Waals surface area contributed by atoms with E-state index in [1.54, 1.807) is 0 Å². The summed E-state index contributed by atoms with van der Waals surface area (Å²) >= 11 is 0. The number of carbonyl (C=O) groups is 2. The second-order valence-electron chi connectivity index (χ2n) is 7.27. The molecule has 0 bridgehead atoms. The predicted molar refractivity (Wildman–Crippen MR) is 88.6 cm³/mol. The summed E-state index contributed by atoms with van der Waals surface area (Å²) in [5.74, 6) is 0.895. The lowest BCUT2D eigenvalue weighted by Gasteiger charge is -2.20. The van der Waals surface area contributed by atoms with Gasteiger partial charge in [-0.05, 0) is 32.1 Å². The standard InChI is InChI=1S/C18H32N2O2/c1-13(2)18(22)19-12-8-7-11-16-17(21)14-9-5-3-4-6-10-15(14)20-16/h13-16,20H,3-12H2,1-2H3,(H,19,22). The van der Waals surface area contributed by atoms with Crippen molar-refractivity contribution < 1.29 is 9.59 Å². The van der Waals surface area contributed by atoms with Crippen LogP contribution in [0.25, 0.3) is 0 Å². The minimum absolute atomic E-state index is 0.0501. The van der Waals surface area contributed by atoms with Crippen LogP contribution in [0.1, 0.15) is 71.6 Å². The second kappa shape index (κ2) is 8.66. The van der Waals surface area contributed by atoms with Crippen molar-refractivity contribution in [1.29, 1.82) is 0 Å². The highest BCUT2D eigenvalue weighted by molar-refractivity contribution is 5.89. The van der Waals surface area contributed by atoms with Gasteiger partial charge in [0.1, 0.15) is 0 Å². The molecule has 1 aliphatic carbocycles. The Labute approximate surface area is 134 Å². The zero-order chi connectivity index (χ0) is 15.9. The van der Waals surface area contributed by atoms with E-state index in [0.717, 1.165) is 38.6 Å². The van der Waals surface area contributed by atoms with Gasteiger partial charge in [0, 0.05) is 24.4 Å². The van der Waals surface area contributed by atoms with E-state index in [2.05, 4.69) is 10.6 Å². The highest BCUT2D eigenvalue weighted by Gasteiger charge is 2.40. The fourth-order valence-electron chi connectivity index (χ4n) is 3.74. The minimum Gasteiger partial charge on any atom is -0.356 e. The van der Waals surface area contributed by atoms with Crippen LogP contribution in [0.2, 0.25) is 0 Å². The van der Waals surface area contributed by atoms with Crippen LogP contribution in [0.3, 0.4) is 0 Å². The number of hydrogen-bond donors (Lipinski definition) is 2. The highest BCUT2D eigenvalue weighted by atomic mass is 16.1. The van der Waals surface area contributed by atoms with Crippen LogP contribution in [-0.4, -0.2) is 30.3 Å². The third-order valence-corrected chi connectivity index (χ3v) is 5.13.